The van der Waals surface area contributed by atoms with Crippen LogP contribution in [-0.4, -0.2) is 20.3 Å². The van der Waals surface area contributed by atoms with Gasteiger partial charge in [0.15, 0.2) is 0 Å². The third-order valence-corrected chi connectivity index (χ3v) is 3.39. The van der Waals surface area contributed by atoms with Crippen LogP contribution in [0.15, 0.2) is 48.5 Å². The van der Waals surface area contributed by atoms with Crippen molar-refractivity contribution in [2.45, 2.75) is 19.1 Å². The molecule has 1 N–H and O–H groups in total. The fourth-order valence-corrected chi connectivity index (χ4v) is 2.28. The summed E-state index contributed by atoms with van der Waals surface area (Å²) >= 11 is 0. The van der Waals surface area contributed by atoms with Crippen molar-refractivity contribution >= 4 is 0 Å². The zero-order valence-corrected chi connectivity index (χ0v) is 12.5. The van der Waals surface area contributed by atoms with Gasteiger partial charge in [-0.05, 0) is 55.9 Å². The number of likely N-dealkylation sites (N-methyl/N-ethyl adjacent to an activating group) is 1. The van der Waals surface area contributed by atoms with Crippen LogP contribution >= 0.6 is 0 Å². The van der Waals surface area contributed by atoms with Gasteiger partial charge < -0.3 is 14.8 Å². The molecule has 2 atom stereocenters. The minimum absolute atomic E-state index is 0.0287. The molecule has 0 saturated heterocycles. The lowest BCUT2D eigenvalue weighted by molar-refractivity contribution is 0.175. The third-order valence-electron chi connectivity index (χ3n) is 3.39. The maximum Gasteiger partial charge on any atom is 0.123 e. The van der Waals surface area contributed by atoms with E-state index in [1.165, 1.54) is 12.1 Å². The predicted molar refractivity (Wildman–Crippen MR) is 81.3 cm³/mol. The molecule has 2 unspecified atom stereocenters. The maximum absolute atomic E-state index is 12.9. The molecule has 0 aromatic heterocycles. The fourth-order valence-electron chi connectivity index (χ4n) is 2.28. The van der Waals surface area contributed by atoms with Gasteiger partial charge in [-0.2, -0.15) is 0 Å². The molecule has 0 amide bonds. The van der Waals surface area contributed by atoms with Gasteiger partial charge in [0.1, 0.15) is 23.4 Å². The number of methoxy groups -OCH3 is 1. The van der Waals surface area contributed by atoms with E-state index in [0.29, 0.717) is 5.75 Å². The molecule has 0 radical (unpaired) electrons. The fraction of sp³-hybridized carbons (Fsp3) is 0.294. The largest absolute Gasteiger partial charge is 0.497 e. The number of nitrogens with one attached hydrogen (secondary N) is 1. The molecule has 112 valence electrons. The number of benzene rings is 2. The molecule has 2 aromatic carbocycles. The standard InChI is InChI=1S/C17H20FNO2/c1-12(21-16-10-6-14(18)7-11-16)17(19-2)13-4-8-15(20-3)9-5-13/h4-12,17,19H,1-3H3. The molecule has 0 saturated carbocycles. The van der Waals surface area contributed by atoms with E-state index in [2.05, 4.69) is 5.32 Å². The molecule has 0 heterocycles. The highest BCUT2D eigenvalue weighted by Crippen LogP contribution is 2.23. The second-order valence-electron chi connectivity index (χ2n) is 4.82. The molecule has 0 spiro atoms. The summed E-state index contributed by atoms with van der Waals surface area (Å²) in [6, 6.07) is 13.9. The van der Waals surface area contributed by atoms with Crippen LogP contribution in [-0.2, 0) is 0 Å². The van der Waals surface area contributed by atoms with Crippen LogP contribution in [0.25, 0.3) is 0 Å². The average Bonchev–Trinajstić information content (AvgIpc) is 2.51. The van der Waals surface area contributed by atoms with Crippen molar-refractivity contribution in [2.75, 3.05) is 14.2 Å². The monoisotopic (exact) mass is 289 g/mol. The summed E-state index contributed by atoms with van der Waals surface area (Å²) in [5.74, 6) is 1.20. The Morgan fingerprint density at radius 3 is 2.05 bits per heavy atom. The van der Waals surface area contributed by atoms with Gasteiger partial charge in [0.05, 0.1) is 13.2 Å². The Kier molecular flexibility index (Phi) is 5.17. The lowest BCUT2D eigenvalue weighted by atomic mass is 10.0. The summed E-state index contributed by atoms with van der Waals surface area (Å²) in [4.78, 5) is 0. The summed E-state index contributed by atoms with van der Waals surface area (Å²) in [5.41, 5.74) is 1.10. The van der Waals surface area contributed by atoms with E-state index in [0.717, 1.165) is 11.3 Å². The van der Waals surface area contributed by atoms with Crippen LogP contribution < -0.4 is 14.8 Å². The van der Waals surface area contributed by atoms with Crippen LogP contribution in [0.5, 0.6) is 11.5 Å². The van der Waals surface area contributed by atoms with Gasteiger partial charge in [-0.15, -0.1) is 0 Å². The Bertz CT molecular complexity index is 554. The van der Waals surface area contributed by atoms with Gasteiger partial charge in [-0.3, -0.25) is 0 Å². The summed E-state index contributed by atoms with van der Waals surface area (Å²) < 4.78 is 23.9. The van der Waals surface area contributed by atoms with Crippen molar-refractivity contribution in [3.63, 3.8) is 0 Å². The molecule has 2 aromatic rings. The molecule has 21 heavy (non-hydrogen) atoms. The number of rotatable bonds is 6. The normalized spacial score (nSPS) is 13.5. The second-order valence-corrected chi connectivity index (χ2v) is 4.82. The number of hydrogen-bond donors (Lipinski definition) is 1. The SMILES string of the molecule is CNC(c1ccc(OC)cc1)C(C)Oc1ccc(F)cc1. The minimum Gasteiger partial charge on any atom is -0.497 e. The van der Waals surface area contributed by atoms with Crippen molar-refractivity contribution in [3.05, 3.63) is 59.9 Å². The van der Waals surface area contributed by atoms with Crippen LogP contribution in [0.2, 0.25) is 0 Å². The highest BCUT2D eigenvalue weighted by molar-refractivity contribution is 5.30. The quantitative estimate of drug-likeness (QED) is 0.882. The minimum atomic E-state index is -0.268. The Balaban J connectivity index is 2.09. The molecule has 0 fully saturated rings. The Morgan fingerprint density at radius 2 is 1.52 bits per heavy atom. The lowest BCUT2D eigenvalue weighted by Crippen LogP contribution is -2.31. The molecule has 4 heteroatoms. The number of hydrogen-bond acceptors (Lipinski definition) is 3. The van der Waals surface area contributed by atoms with E-state index in [-0.39, 0.29) is 18.0 Å². The molecule has 0 aliphatic heterocycles. The van der Waals surface area contributed by atoms with Crippen LogP contribution in [0.4, 0.5) is 4.39 Å². The van der Waals surface area contributed by atoms with Crippen molar-refractivity contribution in [1.29, 1.82) is 0 Å². The first-order chi connectivity index (χ1) is 10.1. The number of halogens is 1. The summed E-state index contributed by atoms with van der Waals surface area (Å²) in [5, 5.41) is 3.25. The number of ether oxygens (including phenoxy) is 2. The average molecular weight is 289 g/mol. The van der Waals surface area contributed by atoms with Gasteiger partial charge in [0, 0.05) is 0 Å². The van der Waals surface area contributed by atoms with Crippen molar-refractivity contribution < 1.29 is 13.9 Å². The van der Waals surface area contributed by atoms with Crippen LogP contribution in [0.1, 0.15) is 18.5 Å². The lowest BCUT2D eigenvalue weighted by Gasteiger charge is -2.25. The highest BCUT2D eigenvalue weighted by atomic mass is 19.1. The Hall–Kier alpha value is -2.07. The predicted octanol–water partition coefficient (Wildman–Crippen LogP) is 3.56. The van der Waals surface area contributed by atoms with Gasteiger partial charge >= 0.3 is 0 Å². The zero-order valence-electron chi connectivity index (χ0n) is 12.5. The first-order valence-electron chi connectivity index (χ1n) is 6.87. The molecular weight excluding hydrogens is 269 g/mol. The summed E-state index contributed by atoms with van der Waals surface area (Å²) in [6.45, 7) is 1.98. The van der Waals surface area contributed by atoms with E-state index < -0.39 is 0 Å². The van der Waals surface area contributed by atoms with Gasteiger partial charge in [0.25, 0.3) is 0 Å². The molecular formula is C17H20FNO2. The maximum atomic E-state index is 12.9. The molecule has 0 bridgehead atoms. The van der Waals surface area contributed by atoms with Gasteiger partial charge in [0.2, 0.25) is 0 Å². The zero-order chi connectivity index (χ0) is 15.2. The van der Waals surface area contributed by atoms with Crippen LogP contribution in [0, 0.1) is 5.82 Å². The molecule has 0 aliphatic rings. The van der Waals surface area contributed by atoms with Crippen molar-refractivity contribution in [2.24, 2.45) is 0 Å². The van der Waals surface area contributed by atoms with Crippen molar-refractivity contribution in [3.8, 4) is 11.5 Å². The molecule has 3 nitrogen and oxygen atoms in total. The topological polar surface area (TPSA) is 30.5 Å². The van der Waals surface area contributed by atoms with E-state index in [1.807, 2.05) is 38.2 Å². The van der Waals surface area contributed by atoms with Gasteiger partial charge in [-0.1, -0.05) is 12.1 Å². The summed E-state index contributed by atoms with van der Waals surface area (Å²) in [7, 11) is 3.53. The Morgan fingerprint density at radius 1 is 0.952 bits per heavy atom. The van der Waals surface area contributed by atoms with Crippen LogP contribution in [0.3, 0.4) is 0 Å². The Labute approximate surface area is 124 Å². The second kappa shape index (κ2) is 7.09. The van der Waals surface area contributed by atoms with E-state index in [1.54, 1.807) is 19.2 Å². The summed E-state index contributed by atoms with van der Waals surface area (Å²) in [6.07, 6.45) is -0.103. The molecule has 2 rings (SSSR count). The van der Waals surface area contributed by atoms with E-state index >= 15 is 0 Å². The van der Waals surface area contributed by atoms with E-state index in [9.17, 15) is 4.39 Å². The first kappa shape index (κ1) is 15.3. The first-order valence-corrected chi connectivity index (χ1v) is 6.87. The third kappa shape index (κ3) is 3.95. The van der Waals surface area contributed by atoms with Crippen molar-refractivity contribution in [1.82, 2.24) is 5.32 Å². The smallest absolute Gasteiger partial charge is 0.123 e. The molecule has 0 aliphatic carbocycles. The van der Waals surface area contributed by atoms with Gasteiger partial charge in [-0.25, -0.2) is 4.39 Å². The highest BCUT2D eigenvalue weighted by Gasteiger charge is 2.19. The van der Waals surface area contributed by atoms with E-state index in [4.69, 9.17) is 9.47 Å².